The topological polar surface area (TPSA) is 90.9 Å². The lowest BCUT2D eigenvalue weighted by atomic mass is 10.1. The first-order valence-electron chi connectivity index (χ1n) is 7.47. The van der Waals surface area contributed by atoms with Crippen LogP contribution in [0.5, 0.6) is 0 Å². The predicted octanol–water partition coefficient (Wildman–Crippen LogP) is 2.61. The first-order valence-corrected chi connectivity index (χ1v) is 8.35. The van der Waals surface area contributed by atoms with Crippen molar-refractivity contribution in [2.45, 2.75) is 0 Å². The number of rotatable bonds is 3. The molecule has 0 fully saturated rings. The molecule has 0 aliphatic carbocycles. The van der Waals surface area contributed by atoms with Crippen molar-refractivity contribution in [1.82, 2.24) is 14.8 Å². The lowest BCUT2D eigenvalue weighted by molar-refractivity contribution is 0.100. The third-order valence-electron chi connectivity index (χ3n) is 3.84. The number of hydrogen-bond donors (Lipinski definition) is 1. The van der Waals surface area contributed by atoms with Gasteiger partial charge in [0.05, 0.1) is 17.3 Å². The highest BCUT2D eigenvalue weighted by atomic mass is 32.1. The fraction of sp³-hybridized carbons (Fsp3) is 0. The zero-order valence-corrected chi connectivity index (χ0v) is 13.7. The minimum Gasteiger partial charge on any atom is -0.366 e. The molecule has 6 nitrogen and oxygen atoms in total. The molecular formula is C18H12N4O2S. The largest absolute Gasteiger partial charge is 0.366 e. The van der Waals surface area contributed by atoms with Crippen LogP contribution in [0.4, 0.5) is 0 Å². The zero-order valence-electron chi connectivity index (χ0n) is 12.9. The van der Waals surface area contributed by atoms with Crippen molar-refractivity contribution in [2.24, 2.45) is 5.73 Å². The summed E-state index contributed by atoms with van der Waals surface area (Å²) in [6.07, 6.45) is 1.63. The third-order valence-corrected chi connectivity index (χ3v) is 4.65. The Morgan fingerprint density at radius 1 is 1.08 bits per heavy atom. The summed E-state index contributed by atoms with van der Waals surface area (Å²) < 4.78 is 1.27. The Kier molecular flexibility index (Phi) is 3.62. The Balaban J connectivity index is 1.85. The molecule has 25 heavy (non-hydrogen) atoms. The highest BCUT2D eigenvalue weighted by Crippen LogP contribution is 2.26. The number of hydrogen-bond acceptors (Lipinski definition) is 5. The summed E-state index contributed by atoms with van der Waals surface area (Å²) in [5.74, 6) is -0.522. The van der Waals surface area contributed by atoms with E-state index in [9.17, 15) is 9.59 Å². The van der Waals surface area contributed by atoms with E-state index in [1.165, 1.54) is 16.0 Å². The first-order chi connectivity index (χ1) is 12.1. The summed E-state index contributed by atoms with van der Waals surface area (Å²) >= 11 is 1.28. The Morgan fingerprint density at radius 3 is 2.68 bits per heavy atom. The van der Waals surface area contributed by atoms with Gasteiger partial charge in [-0.25, -0.2) is 4.98 Å². The Hall–Kier alpha value is -3.32. The molecular weight excluding hydrogens is 336 g/mol. The lowest BCUT2D eigenvalue weighted by Crippen LogP contribution is -2.20. The van der Waals surface area contributed by atoms with Gasteiger partial charge in [0.1, 0.15) is 0 Å². The molecule has 7 heteroatoms. The summed E-state index contributed by atoms with van der Waals surface area (Å²) in [4.78, 5) is 28.7. The molecule has 2 N–H and O–H groups in total. The van der Waals surface area contributed by atoms with Crippen LogP contribution in [-0.4, -0.2) is 20.7 Å². The summed E-state index contributed by atoms with van der Waals surface area (Å²) in [7, 11) is 0. The minimum absolute atomic E-state index is 0.234. The van der Waals surface area contributed by atoms with E-state index >= 15 is 0 Å². The fourth-order valence-electron chi connectivity index (χ4n) is 2.63. The van der Waals surface area contributed by atoms with Crippen LogP contribution < -0.4 is 11.3 Å². The van der Waals surface area contributed by atoms with Crippen LogP contribution in [0.3, 0.4) is 0 Å². The normalized spacial score (nSPS) is 10.9. The van der Waals surface area contributed by atoms with E-state index in [1.54, 1.807) is 41.9 Å². The van der Waals surface area contributed by atoms with Gasteiger partial charge in [-0.3, -0.25) is 9.59 Å². The zero-order chi connectivity index (χ0) is 17.4. The van der Waals surface area contributed by atoms with Crippen LogP contribution in [0.15, 0.2) is 64.9 Å². The molecule has 2 heterocycles. The molecule has 0 saturated heterocycles. The van der Waals surface area contributed by atoms with Crippen molar-refractivity contribution < 1.29 is 4.79 Å². The molecule has 0 aliphatic rings. The van der Waals surface area contributed by atoms with E-state index in [2.05, 4.69) is 10.1 Å². The fourth-order valence-corrected chi connectivity index (χ4v) is 3.41. The average molecular weight is 348 g/mol. The van der Waals surface area contributed by atoms with Crippen LogP contribution in [0.2, 0.25) is 0 Å². The molecule has 0 aliphatic heterocycles. The Bertz CT molecular complexity index is 1160. The van der Waals surface area contributed by atoms with Crippen molar-refractivity contribution >= 4 is 28.0 Å². The van der Waals surface area contributed by atoms with Gasteiger partial charge in [-0.15, -0.1) is 11.3 Å². The number of nitrogens with two attached hydrogens (primary N) is 1. The standard InChI is InChI=1S/C18H12N4O2S/c19-16(23)14-8-4-3-7-13(14)15-10-25-18(21-15)22-17(24)12-6-2-1-5-11(12)9-20-22/h1-10H,(H2,19,23). The van der Waals surface area contributed by atoms with E-state index in [-0.39, 0.29) is 5.56 Å². The Labute approximate surface area is 146 Å². The number of carbonyl (C=O) groups excluding carboxylic acids is 1. The maximum atomic E-state index is 12.6. The van der Waals surface area contributed by atoms with Gasteiger partial charge in [0.2, 0.25) is 11.0 Å². The number of benzene rings is 2. The number of amides is 1. The first kappa shape index (κ1) is 15.2. The molecule has 0 atom stereocenters. The summed E-state index contributed by atoms with van der Waals surface area (Å²) in [5, 5.41) is 7.77. The van der Waals surface area contributed by atoms with Gasteiger partial charge >= 0.3 is 0 Å². The smallest absolute Gasteiger partial charge is 0.281 e. The molecule has 2 aromatic heterocycles. The van der Waals surface area contributed by atoms with Crippen LogP contribution in [-0.2, 0) is 0 Å². The molecule has 0 bridgehead atoms. The average Bonchev–Trinajstić information content (AvgIpc) is 3.12. The number of nitrogens with zero attached hydrogens (tertiary/aromatic N) is 3. The van der Waals surface area contributed by atoms with Crippen LogP contribution in [0.25, 0.3) is 27.2 Å². The maximum Gasteiger partial charge on any atom is 0.281 e. The van der Waals surface area contributed by atoms with E-state index in [4.69, 9.17) is 5.73 Å². The van der Waals surface area contributed by atoms with Gasteiger partial charge < -0.3 is 5.73 Å². The molecule has 4 aromatic rings. The molecule has 4 rings (SSSR count). The number of aromatic nitrogens is 3. The molecule has 0 spiro atoms. The molecule has 2 aromatic carbocycles. The van der Waals surface area contributed by atoms with Crippen molar-refractivity contribution in [3.05, 3.63) is 76.0 Å². The Morgan fingerprint density at radius 2 is 1.84 bits per heavy atom. The van der Waals surface area contributed by atoms with Gasteiger partial charge in [0.25, 0.3) is 5.56 Å². The molecule has 0 radical (unpaired) electrons. The van der Waals surface area contributed by atoms with Gasteiger partial charge in [-0.1, -0.05) is 36.4 Å². The number of primary amides is 1. The second kappa shape index (κ2) is 5.95. The number of carbonyl (C=O) groups is 1. The van der Waals surface area contributed by atoms with Crippen molar-refractivity contribution in [3.63, 3.8) is 0 Å². The van der Waals surface area contributed by atoms with Gasteiger partial charge in [-0.05, 0) is 12.1 Å². The number of fused-ring (bicyclic) bond motifs is 1. The van der Waals surface area contributed by atoms with E-state index in [0.29, 0.717) is 27.3 Å². The van der Waals surface area contributed by atoms with Gasteiger partial charge in [0.15, 0.2) is 0 Å². The molecule has 0 unspecified atom stereocenters. The second-order valence-electron chi connectivity index (χ2n) is 5.37. The molecule has 0 saturated carbocycles. The SMILES string of the molecule is NC(=O)c1ccccc1-c1csc(-n2ncc3ccccc3c2=O)n1. The highest BCUT2D eigenvalue weighted by Gasteiger charge is 2.14. The van der Waals surface area contributed by atoms with Crippen LogP contribution in [0.1, 0.15) is 10.4 Å². The van der Waals surface area contributed by atoms with Gasteiger partial charge in [0, 0.05) is 21.9 Å². The molecule has 122 valence electrons. The highest BCUT2D eigenvalue weighted by molar-refractivity contribution is 7.12. The predicted molar refractivity (Wildman–Crippen MR) is 97.0 cm³/mol. The van der Waals surface area contributed by atoms with Crippen molar-refractivity contribution in [2.75, 3.05) is 0 Å². The quantitative estimate of drug-likeness (QED) is 0.616. The molecule has 1 amide bonds. The van der Waals surface area contributed by atoms with Crippen molar-refractivity contribution in [3.8, 4) is 16.4 Å². The van der Waals surface area contributed by atoms with Crippen molar-refractivity contribution in [1.29, 1.82) is 0 Å². The number of thiazole rings is 1. The maximum absolute atomic E-state index is 12.6. The van der Waals surface area contributed by atoms with Crippen LogP contribution >= 0.6 is 11.3 Å². The van der Waals surface area contributed by atoms with E-state index in [1.807, 2.05) is 18.2 Å². The third kappa shape index (κ3) is 2.60. The van der Waals surface area contributed by atoms with Crippen LogP contribution in [0, 0.1) is 0 Å². The van der Waals surface area contributed by atoms with E-state index in [0.717, 1.165) is 5.39 Å². The lowest BCUT2D eigenvalue weighted by Gasteiger charge is -2.03. The van der Waals surface area contributed by atoms with Gasteiger partial charge in [-0.2, -0.15) is 9.78 Å². The minimum atomic E-state index is -0.522. The summed E-state index contributed by atoms with van der Waals surface area (Å²) in [5.41, 5.74) is 6.79. The van der Waals surface area contributed by atoms with E-state index < -0.39 is 5.91 Å². The second-order valence-corrected chi connectivity index (χ2v) is 6.21. The summed E-state index contributed by atoms with van der Waals surface area (Å²) in [6.45, 7) is 0. The summed E-state index contributed by atoms with van der Waals surface area (Å²) in [6, 6.07) is 14.2. The monoisotopic (exact) mass is 348 g/mol.